The average molecular weight is 352 g/mol. The van der Waals surface area contributed by atoms with E-state index in [0.717, 1.165) is 10.4 Å². The zero-order valence-electron chi connectivity index (χ0n) is 12.8. The number of aliphatic hydroxyl groups excluding tert-OH is 1. The maximum atomic E-state index is 13.8. The standard InChI is InChI=1S/C14H19ClFNO4S/c1-5-22(19,20)17(4)12-8-6-10(16)9(15)7-11(8)21-14(2,3)13(12)18/h6-7,12-13,18H,5H2,1-4H3/t12-,13+/m1/s1. The minimum absolute atomic E-state index is 0.120. The molecule has 22 heavy (non-hydrogen) atoms. The molecular weight excluding hydrogens is 333 g/mol. The van der Waals surface area contributed by atoms with Gasteiger partial charge in [-0.15, -0.1) is 0 Å². The highest BCUT2D eigenvalue weighted by Gasteiger charge is 2.47. The topological polar surface area (TPSA) is 66.8 Å². The summed E-state index contributed by atoms with van der Waals surface area (Å²) in [5.41, 5.74) is -0.788. The van der Waals surface area contributed by atoms with E-state index in [4.69, 9.17) is 16.3 Å². The first-order valence-corrected chi connectivity index (χ1v) is 8.81. The van der Waals surface area contributed by atoms with E-state index < -0.39 is 33.6 Å². The molecule has 8 heteroatoms. The molecule has 0 aliphatic carbocycles. The Morgan fingerprint density at radius 3 is 2.59 bits per heavy atom. The van der Waals surface area contributed by atoms with Gasteiger partial charge >= 0.3 is 0 Å². The molecule has 1 aliphatic heterocycles. The van der Waals surface area contributed by atoms with Crippen molar-refractivity contribution < 1.29 is 22.7 Å². The number of hydrogen-bond acceptors (Lipinski definition) is 4. The van der Waals surface area contributed by atoms with E-state index >= 15 is 0 Å². The largest absolute Gasteiger partial charge is 0.485 e. The smallest absolute Gasteiger partial charge is 0.214 e. The molecular formula is C14H19ClFNO4S. The second-order valence-corrected chi connectivity index (χ2v) is 8.54. The fourth-order valence-corrected chi connectivity index (χ4v) is 3.66. The van der Waals surface area contributed by atoms with Gasteiger partial charge in [0.25, 0.3) is 0 Å². The first-order chi connectivity index (χ1) is 10.0. The predicted octanol–water partition coefficient (Wildman–Crippen LogP) is 2.33. The van der Waals surface area contributed by atoms with Crippen LogP contribution < -0.4 is 4.74 Å². The first kappa shape index (κ1) is 17.5. The molecule has 0 unspecified atom stereocenters. The lowest BCUT2D eigenvalue weighted by molar-refractivity contribution is -0.0764. The molecule has 124 valence electrons. The van der Waals surface area contributed by atoms with E-state index in [2.05, 4.69) is 0 Å². The van der Waals surface area contributed by atoms with Crippen LogP contribution in [-0.2, 0) is 10.0 Å². The second-order valence-electron chi connectivity index (χ2n) is 5.82. The van der Waals surface area contributed by atoms with Gasteiger partial charge in [0.05, 0.1) is 16.8 Å². The Hall–Kier alpha value is -0.890. The number of rotatable bonds is 3. The molecule has 5 nitrogen and oxygen atoms in total. The summed E-state index contributed by atoms with van der Waals surface area (Å²) in [6, 6.07) is 1.47. The van der Waals surface area contributed by atoms with Crippen molar-refractivity contribution in [2.24, 2.45) is 0 Å². The van der Waals surface area contributed by atoms with Crippen LogP contribution in [0.3, 0.4) is 0 Å². The lowest BCUT2D eigenvalue weighted by atomic mass is 9.86. The Balaban J connectivity index is 2.65. The summed E-state index contributed by atoms with van der Waals surface area (Å²) in [5, 5.41) is 10.4. The SMILES string of the molecule is CCS(=O)(=O)N(C)[C@@H]1c2cc(F)c(Cl)cc2OC(C)(C)[C@H]1O. The number of likely N-dealkylation sites (N-methyl/N-ethyl adjacent to an activating group) is 1. The zero-order valence-corrected chi connectivity index (χ0v) is 14.4. The molecule has 0 saturated heterocycles. The number of aliphatic hydroxyl groups is 1. The van der Waals surface area contributed by atoms with Gasteiger partial charge < -0.3 is 9.84 Å². The summed E-state index contributed by atoms with van der Waals surface area (Å²) in [5.74, 6) is -0.549. The molecule has 1 N–H and O–H groups in total. The fraction of sp³-hybridized carbons (Fsp3) is 0.571. The Morgan fingerprint density at radius 1 is 1.45 bits per heavy atom. The summed E-state index contributed by atoms with van der Waals surface area (Å²) in [6.07, 6.45) is -1.16. The number of ether oxygens (including phenoxy) is 1. The maximum absolute atomic E-state index is 13.8. The van der Waals surface area contributed by atoms with E-state index in [1.807, 2.05) is 0 Å². The van der Waals surface area contributed by atoms with Gasteiger partial charge in [-0.05, 0) is 26.8 Å². The molecule has 1 aromatic rings. The van der Waals surface area contributed by atoms with Crippen LogP contribution in [0.4, 0.5) is 4.39 Å². The van der Waals surface area contributed by atoms with Crippen molar-refractivity contribution in [3.8, 4) is 5.75 Å². The van der Waals surface area contributed by atoms with Crippen molar-refractivity contribution in [2.45, 2.75) is 38.5 Å². The highest BCUT2D eigenvalue weighted by atomic mass is 35.5. The van der Waals surface area contributed by atoms with Gasteiger partial charge in [-0.1, -0.05) is 11.6 Å². The van der Waals surface area contributed by atoms with Crippen LogP contribution >= 0.6 is 11.6 Å². The van der Waals surface area contributed by atoms with Crippen molar-refractivity contribution in [2.75, 3.05) is 12.8 Å². The van der Waals surface area contributed by atoms with E-state index in [1.54, 1.807) is 13.8 Å². The summed E-state index contributed by atoms with van der Waals surface area (Å²) in [7, 11) is -2.22. The quantitative estimate of drug-likeness (QED) is 0.907. The number of halogens is 2. The van der Waals surface area contributed by atoms with Crippen molar-refractivity contribution in [3.63, 3.8) is 0 Å². The third-order valence-corrected chi connectivity index (χ3v) is 6.07. The van der Waals surface area contributed by atoms with Gasteiger partial charge in [-0.3, -0.25) is 0 Å². The molecule has 0 spiro atoms. The van der Waals surface area contributed by atoms with E-state index in [9.17, 15) is 17.9 Å². The Morgan fingerprint density at radius 2 is 2.05 bits per heavy atom. The Labute approximate surface area is 134 Å². The molecule has 2 rings (SSSR count). The summed E-state index contributed by atoms with van der Waals surface area (Å²) < 4.78 is 44.9. The Bertz CT molecular complexity index is 692. The van der Waals surface area contributed by atoms with Crippen molar-refractivity contribution in [1.82, 2.24) is 4.31 Å². The highest BCUT2D eigenvalue weighted by molar-refractivity contribution is 7.89. The van der Waals surface area contributed by atoms with Gasteiger partial charge in [0.1, 0.15) is 23.3 Å². The zero-order chi connectivity index (χ0) is 16.9. The number of fused-ring (bicyclic) bond motifs is 1. The molecule has 1 aromatic carbocycles. The molecule has 0 radical (unpaired) electrons. The van der Waals surface area contributed by atoms with E-state index in [0.29, 0.717) is 0 Å². The molecule has 1 aliphatic rings. The van der Waals surface area contributed by atoms with E-state index in [-0.39, 0.29) is 22.1 Å². The van der Waals surface area contributed by atoms with Gasteiger partial charge in [-0.2, -0.15) is 4.31 Å². The summed E-state index contributed by atoms with van der Waals surface area (Å²) >= 11 is 5.77. The molecule has 0 saturated carbocycles. The third kappa shape index (κ3) is 2.82. The number of sulfonamides is 1. The van der Waals surface area contributed by atoms with Crippen molar-refractivity contribution in [3.05, 3.63) is 28.5 Å². The first-order valence-electron chi connectivity index (χ1n) is 6.83. The van der Waals surface area contributed by atoms with Crippen molar-refractivity contribution >= 4 is 21.6 Å². The minimum atomic E-state index is -3.58. The second kappa shape index (κ2) is 5.63. The van der Waals surface area contributed by atoms with Crippen LogP contribution in [0, 0.1) is 5.82 Å². The lowest BCUT2D eigenvalue weighted by Crippen LogP contribution is -2.54. The molecule has 1 heterocycles. The lowest BCUT2D eigenvalue weighted by Gasteiger charge is -2.44. The van der Waals surface area contributed by atoms with Gasteiger partial charge in [0.15, 0.2) is 0 Å². The number of benzene rings is 1. The van der Waals surface area contributed by atoms with Gasteiger partial charge in [0, 0.05) is 18.7 Å². The number of nitrogens with zero attached hydrogens (tertiary/aromatic N) is 1. The fourth-order valence-electron chi connectivity index (χ4n) is 2.53. The van der Waals surface area contributed by atoms with Crippen LogP contribution in [0.25, 0.3) is 0 Å². The van der Waals surface area contributed by atoms with Gasteiger partial charge in [0.2, 0.25) is 10.0 Å². The van der Waals surface area contributed by atoms with Crippen LogP contribution in [0.1, 0.15) is 32.4 Å². The van der Waals surface area contributed by atoms with Crippen LogP contribution in [0.5, 0.6) is 5.75 Å². The molecule has 2 atom stereocenters. The maximum Gasteiger partial charge on any atom is 0.214 e. The predicted molar refractivity (Wildman–Crippen MR) is 82.1 cm³/mol. The monoisotopic (exact) mass is 351 g/mol. The van der Waals surface area contributed by atoms with Crippen LogP contribution in [0.2, 0.25) is 5.02 Å². The minimum Gasteiger partial charge on any atom is -0.485 e. The van der Waals surface area contributed by atoms with Crippen LogP contribution in [0.15, 0.2) is 12.1 Å². The molecule has 0 aromatic heterocycles. The van der Waals surface area contributed by atoms with Gasteiger partial charge in [-0.25, -0.2) is 12.8 Å². The summed E-state index contributed by atoms with van der Waals surface area (Å²) in [6.45, 7) is 4.78. The van der Waals surface area contributed by atoms with Crippen LogP contribution in [-0.4, -0.2) is 42.3 Å². The van der Waals surface area contributed by atoms with E-state index in [1.165, 1.54) is 20.0 Å². The third-order valence-electron chi connectivity index (χ3n) is 3.95. The Kier molecular flexibility index (Phi) is 4.47. The van der Waals surface area contributed by atoms with Crippen molar-refractivity contribution in [1.29, 1.82) is 0 Å². The molecule has 0 fully saturated rings. The highest BCUT2D eigenvalue weighted by Crippen LogP contribution is 2.44. The normalized spacial score (nSPS) is 24.0. The average Bonchev–Trinajstić information content (AvgIpc) is 2.42. The molecule has 0 amide bonds. The molecule has 0 bridgehead atoms. The summed E-state index contributed by atoms with van der Waals surface area (Å²) in [4.78, 5) is 0. The number of hydrogen-bond donors (Lipinski definition) is 1.